The average Bonchev–Trinajstić information content (AvgIpc) is 2.29. The topological polar surface area (TPSA) is 43.1 Å². The van der Waals surface area contributed by atoms with Crippen LogP contribution in [0.2, 0.25) is 0 Å². The molecule has 0 bridgehead atoms. The van der Waals surface area contributed by atoms with Crippen LogP contribution in [-0.2, 0) is 0 Å². The maximum absolute atomic E-state index is 11.7. The summed E-state index contributed by atoms with van der Waals surface area (Å²) in [5.41, 5.74) is 6.21. The van der Waals surface area contributed by atoms with Gasteiger partial charge in [0.1, 0.15) is 0 Å². The summed E-state index contributed by atoms with van der Waals surface area (Å²) in [6, 6.07) is 7.77. The Kier molecular flexibility index (Phi) is 5.95. The summed E-state index contributed by atoms with van der Waals surface area (Å²) in [4.78, 5) is 12.9. The number of Topliss-reactive ketones (excluding diaryl/α,β-unsaturated/α-hetero) is 1. The maximum Gasteiger partial charge on any atom is 0.165 e. The molecule has 16 heavy (non-hydrogen) atoms. The normalized spacial score (nSPS) is 10.8. The molecule has 4 heteroatoms. The Balaban J connectivity index is 2.57. The zero-order valence-electron chi connectivity index (χ0n) is 9.60. The minimum absolute atomic E-state index is 0.0603. The fourth-order valence-electron chi connectivity index (χ4n) is 1.17. The minimum atomic E-state index is 0.0603. The van der Waals surface area contributed by atoms with E-state index in [1.807, 2.05) is 38.1 Å². The number of hydrogen-bond donors (Lipinski definition) is 1. The van der Waals surface area contributed by atoms with Crippen LogP contribution in [-0.4, -0.2) is 18.1 Å². The third-order valence-electron chi connectivity index (χ3n) is 2.02. The van der Waals surface area contributed by atoms with Crippen LogP contribution in [0, 0.1) is 5.92 Å². The smallest absolute Gasteiger partial charge is 0.165 e. The third kappa shape index (κ3) is 4.20. The molecule has 0 aliphatic heterocycles. The molecule has 0 unspecified atom stereocenters. The van der Waals surface area contributed by atoms with Crippen molar-refractivity contribution >= 4 is 27.4 Å². The molecular weight excluding hydrogens is 238 g/mol. The molecule has 0 heterocycles. The Hall–Kier alpha value is -0.450. The van der Waals surface area contributed by atoms with Gasteiger partial charge in [-0.3, -0.25) is 4.79 Å². The number of nitrogens with two attached hydrogens (primary N) is 1. The molecule has 88 valence electrons. The van der Waals surface area contributed by atoms with Gasteiger partial charge in [0.2, 0.25) is 0 Å². The molecule has 0 saturated carbocycles. The van der Waals surface area contributed by atoms with Crippen molar-refractivity contribution in [1.29, 1.82) is 0 Å². The predicted octanol–water partition coefficient (Wildman–Crippen LogP) is 3.22. The Labute approximate surface area is 105 Å². The summed E-state index contributed by atoms with van der Waals surface area (Å²) in [7, 11) is 3.43. The highest BCUT2D eigenvalue weighted by Gasteiger charge is 2.09. The summed E-state index contributed by atoms with van der Waals surface area (Å²) >= 11 is 0. The Morgan fingerprint density at radius 1 is 1.31 bits per heavy atom. The van der Waals surface area contributed by atoms with Crippen molar-refractivity contribution in [3.05, 3.63) is 29.8 Å². The average molecular weight is 255 g/mol. The predicted molar refractivity (Wildman–Crippen MR) is 73.0 cm³/mol. The van der Waals surface area contributed by atoms with Crippen molar-refractivity contribution in [3.8, 4) is 0 Å². The molecule has 0 amide bonds. The largest absolute Gasteiger partial charge is 0.330 e. The van der Waals surface area contributed by atoms with Crippen LogP contribution in [0.3, 0.4) is 0 Å². The molecular formula is C12H17NOS2. The first-order valence-corrected chi connectivity index (χ1v) is 7.61. The van der Waals surface area contributed by atoms with E-state index in [-0.39, 0.29) is 11.7 Å². The van der Waals surface area contributed by atoms with E-state index < -0.39 is 0 Å². The van der Waals surface area contributed by atoms with Crippen molar-refractivity contribution in [2.45, 2.75) is 18.7 Å². The summed E-state index contributed by atoms with van der Waals surface area (Å²) in [6.45, 7) is 4.53. The molecule has 0 saturated heterocycles. The Bertz CT molecular complexity index is 335. The summed E-state index contributed by atoms with van der Waals surface area (Å²) < 4.78 is 0. The van der Waals surface area contributed by atoms with Gasteiger partial charge in [0.05, 0.1) is 0 Å². The van der Waals surface area contributed by atoms with Crippen LogP contribution in [0.4, 0.5) is 0 Å². The lowest BCUT2D eigenvalue weighted by Crippen LogP contribution is -2.06. The molecule has 0 atom stereocenters. The standard InChI is InChI=1S/C12H17NOS2/c1-9(2)12(14)10-3-5-11(6-4-10)16-15-8-7-13/h3-6,9H,7-8,13H2,1-2H3. The fourth-order valence-corrected chi connectivity index (χ4v) is 3.01. The summed E-state index contributed by atoms with van der Waals surface area (Å²) in [5.74, 6) is 1.20. The number of carbonyl (C=O) groups is 1. The molecule has 2 N–H and O–H groups in total. The first-order valence-electron chi connectivity index (χ1n) is 5.29. The van der Waals surface area contributed by atoms with E-state index in [1.54, 1.807) is 21.6 Å². The van der Waals surface area contributed by atoms with E-state index in [1.165, 1.54) is 4.90 Å². The van der Waals surface area contributed by atoms with Crippen molar-refractivity contribution in [2.24, 2.45) is 11.7 Å². The molecule has 1 aromatic carbocycles. The molecule has 0 radical (unpaired) electrons. The van der Waals surface area contributed by atoms with E-state index in [2.05, 4.69) is 0 Å². The van der Waals surface area contributed by atoms with Gasteiger partial charge < -0.3 is 5.73 Å². The highest BCUT2D eigenvalue weighted by molar-refractivity contribution is 8.76. The first-order chi connectivity index (χ1) is 7.65. The van der Waals surface area contributed by atoms with Crippen LogP contribution in [0.15, 0.2) is 29.2 Å². The lowest BCUT2D eigenvalue weighted by atomic mass is 10.0. The van der Waals surface area contributed by atoms with Gasteiger partial charge in [0.25, 0.3) is 0 Å². The van der Waals surface area contributed by atoms with Gasteiger partial charge in [0, 0.05) is 28.7 Å². The molecule has 0 aromatic heterocycles. The van der Waals surface area contributed by atoms with Gasteiger partial charge in [0.15, 0.2) is 5.78 Å². The maximum atomic E-state index is 11.7. The molecule has 0 spiro atoms. The van der Waals surface area contributed by atoms with Gasteiger partial charge >= 0.3 is 0 Å². The quantitative estimate of drug-likeness (QED) is 0.481. The van der Waals surface area contributed by atoms with Gasteiger partial charge in [-0.2, -0.15) is 0 Å². The van der Waals surface area contributed by atoms with E-state index in [0.29, 0.717) is 6.54 Å². The number of benzene rings is 1. The highest BCUT2D eigenvalue weighted by Crippen LogP contribution is 2.30. The molecule has 0 aliphatic carbocycles. The van der Waals surface area contributed by atoms with Crippen LogP contribution >= 0.6 is 21.6 Å². The Morgan fingerprint density at radius 2 is 1.94 bits per heavy atom. The SMILES string of the molecule is CC(C)C(=O)c1ccc(SSCCN)cc1. The molecule has 0 aliphatic rings. The number of rotatable bonds is 6. The van der Waals surface area contributed by atoms with Crippen molar-refractivity contribution in [1.82, 2.24) is 0 Å². The highest BCUT2D eigenvalue weighted by atomic mass is 33.1. The van der Waals surface area contributed by atoms with Gasteiger partial charge in [-0.1, -0.05) is 47.6 Å². The zero-order chi connectivity index (χ0) is 12.0. The Morgan fingerprint density at radius 3 is 2.44 bits per heavy atom. The second-order valence-corrected chi connectivity index (χ2v) is 6.23. The molecule has 1 rings (SSSR count). The summed E-state index contributed by atoms with van der Waals surface area (Å²) in [6.07, 6.45) is 0. The number of carbonyl (C=O) groups excluding carboxylic acids is 1. The molecule has 0 fully saturated rings. The monoisotopic (exact) mass is 255 g/mol. The first kappa shape index (κ1) is 13.6. The second-order valence-electron chi connectivity index (χ2n) is 3.74. The number of ketones is 1. The molecule has 1 aromatic rings. The van der Waals surface area contributed by atoms with Gasteiger partial charge in [-0.15, -0.1) is 0 Å². The minimum Gasteiger partial charge on any atom is -0.330 e. The lowest BCUT2D eigenvalue weighted by Gasteiger charge is -2.05. The van der Waals surface area contributed by atoms with Gasteiger partial charge in [-0.05, 0) is 12.1 Å². The van der Waals surface area contributed by atoms with Crippen molar-refractivity contribution in [3.63, 3.8) is 0 Å². The molecule has 2 nitrogen and oxygen atoms in total. The number of hydrogen-bond acceptors (Lipinski definition) is 4. The van der Waals surface area contributed by atoms with Crippen LogP contribution in [0.5, 0.6) is 0 Å². The lowest BCUT2D eigenvalue weighted by molar-refractivity contribution is 0.0939. The van der Waals surface area contributed by atoms with Crippen LogP contribution < -0.4 is 5.73 Å². The van der Waals surface area contributed by atoms with Gasteiger partial charge in [-0.25, -0.2) is 0 Å². The second kappa shape index (κ2) is 6.99. The van der Waals surface area contributed by atoms with Crippen molar-refractivity contribution < 1.29 is 4.79 Å². The van der Waals surface area contributed by atoms with E-state index >= 15 is 0 Å². The van der Waals surface area contributed by atoms with Crippen LogP contribution in [0.1, 0.15) is 24.2 Å². The fraction of sp³-hybridized carbons (Fsp3) is 0.417. The van der Waals surface area contributed by atoms with E-state index in [0.717, 1.165) is 11.3 Å². The third-order valence-corrected chi connectivity index (χ3v) is 4.44. The van der Waals surface area contributed by atoms with E-state index in [4.69, 9.17) is 5.73 Å². The summed E-state index contributed by atoms with van der Waals surface area (Å²) in [5, 5.41) is 0. The van der Waals surface area contributed by atoms with Crippen molar-refractivity contribution in [2.75, 3.05) is 12.3 Å². The van der Waals surface area contributed by atoms with E-state index in [9.17, 15) is 4.79 Å². The zero-order valence-corrected chi connectivity index (χ0v) is 11.2. The van der Waals surface area contributed by atoms with Crippen LogP contribution in [0.25, 0.3) is 0 Å².